The summed E-state index contributed by atoms with van der Waals surface area (Å²) in [5.41, 5.74) is 0.529. The number of halogens is 1. The first-order valence-corrected chi connectivity index (χ1v) is 7.17. The Morgan fingerprint density at radius 1 is 1.33 bits per heavy atom. The van der Waals surface area contributed by atoms with Gasteiger partial charge < -0.3 is 0 Å². The standard InChI is InChI=1S/C15H15ClN4O/c1-11(6-9-19-8-3-7-18-19)20-10-17-13-5-2-4-12(16)14(13)15(20)21/h2-5,7-8,10-11H,6,9H2,1H3/t11-/m1/s1. The zero-order chi connectivity index (χ0) is 14.8. The molecule has 0 aliphatic rings. The summed E-state index contributed by atoms with van der Waals surface area (Å²) in [6.45, 7) is 2.75. The predicted molar refractivity (Wildman–Crippen MR) is 82.6 cm³/mol. The van der Waals surface area contributed by atoms with E-state index in [0.29, 0.717) is 15.9 Å². The maximum absolute atomic E-state index is 12.6. The van der Waals surface area contributed by atoms with Gasteiger partial charge in [0.05, 0.1) is 22.3 Å². The SMILES string of the molecule is C[C@H](CCn1cccn1)n1cnc2cccc(Cl)c2c1=O. The normalized spacial score (nSPS) is 12.7. The zero-order valence-electron chi connectivity index (χ0n) is 11.6. The third-order valence-corrected chi connectivity index (χ3v) is 3.89. The van der Waals surface area contributed by atoms with Gasteiger partial charge in [0.2, 0.25) is 0 Å². The highest BCUT2D eigenvalue weighted by atomic mass is 35.5. The van der Waals surface area contributed by atoms with Crippen molar-refractivity contribution in [2.45, 2.75) is 25.9 Å². The highest BCUT2D eigenvalue weighted by molar-refractivity contribution is 6.35. The van der Waals surface area contributed by atoms with Crippen LogP contribution in [0.5, 0.6) is 0 Å². The molecular weight excluding hydrogens is 288 g/mol. The van der Waals surface area contributed by atoms with E-state index < -0.39 is 0 Å². The van der Waals surface area contributed by atoms with Crippen LogP contribution in [-0.2, 0) is 6.54 Å². The largest absolute Gasteiger partial charge is 0.296 e. The summed E-state index contributed by atoms with van der Waals surface area (Å²) >= 11 is 6.13. The van der Waals surface area contributed by atoms with Gasteiger partial charge in [0, 0.05) is 25.0 Å². The summed E-state index contributed by atoms with van der Waals surface area (Å²) in [5.74, 6) is 0. The molecule has 3 aromatic rings. The molecule has 0 aliphatic heterocycles. The first kappa shape index (κ1) is 13.8. The second-order valence-corrected chi connectivity index (χ2v) is 5.40. The Bertz CT molecular complexity index is 810. The Labute approximate surface area is 126 Å². The smallest absolute Gasteiger partial charge is 0.262 e. The van der Waals surface area contributed by atoms with Crippen LogP contribution in [0.1, 0.15) is 19.4 Å². The lowest BCUT2D eigenvalue weighted by Gasteiger charge is -2.15. The third kappa shape index (κ3) is 2.69. The van der Waals surface area contributed by atoms with Gasteiger partial charge in [-0.25, -0.2) is 4.98 Å². The molecule has 6 heteroatoms. The molecule has 1 atom stereocenters. The minimum absolute atomic E-state index is 0.0230. The summed E-state index contributed by atoms with van der Waals surface area (Å²) in [7, 11) is 0. The van der Waals surface area contributed by atoms with Crippen LogP contribution in [0.25, 0.3) is 10.9 Å². The van der Waals surface area contributed by atoms with E-state index >= 15 is 0 Å². The lowest BCUT2D eigenvalue weighted by atomic mass is 10.2. The number of hydrogen-bond donors (Lipinski definition) is 0. The Morgan fingerprint density at radius 2 is 2.19 bits per heavy atom. The van der Waals surface area contributed by atoms with Crippen molar-refractivity contribution in [2.75, 3.05) is 0 Å². The molecule has 0 saturated heterocycles. The molecule has 21 heavy (non-hydrogen) atoms. The molecule has 0 radical (unpaired) electrons. The van der Waals surface area contributed by atoms with E-state index in [2.05, 4.69) is 10.1 Å². The fourth-order valence-electron chi connectivity index (χ4n) is 2.34. The summed E-state index contributed by atoms with van der Waals surface area (Å²) < 4.78 is 3.49. The summed E-state index contributed by atoms with van der Waals surface area (Å²) in [6, 6.07) is 7.21. The van der Waals surface area contributed by atoms with E-state index in [1.54, 1.807) is 35.3 Å². The number of fused-ring (bicyclic) bond motifs is 1. The van der Waals surface area contributed by atoms with Crippen molar-refractivity contribution in [3.8, 4) is 0 Å². The van der Waals surface area contributed by atoms with Crippen molar-refractivity contribution in [1.29, 1.82) is 0 Å². The Hall–Kier alpha value is -2.14. The van der Waals surface area contributed by atoms with Crippen molar-refractivity contribution in [3.05, 3.63) is 58.4 Å². The van der Waals surface area contributed by atoms with Gasteiger partial charge in [-0.05, 0) is 31.5 Å². The van der Waals surface area contributed by atoms with Gasteiger partial charge in [-0.2, -0.15) is 5.10 Å². The van der Waals surface area contributed by atoms with Crippen molar-refractivity contribution >= 4 is 22.5 Å². The topological polar surface area (TPSA) is 52.7 Å². The van der Waals surface area contributed by atoms with E-state index in [-0.39, 0.29) is 11.6 Å². The number of nitrogens with zero attached hydrogens (tertiary/aromatic N) is 4. The molecule has 2 aromatic heterocycles. The summed E-state index contributed by atoms with van der Waals surface area (Å²) in [5, 5.41) is 5.08. The van der Waals surface area contributed by atoms with Crippen LogP contribution in [0.3, 0.4) is 0 Å². The molecule has 0 spiro atoms. The molecule has 0 N–H and O–H groups in total. The number of aromatic nitrogens is 4. The van der Waals surface area contributed by atoms with E-state index in [1.165, 1.54) is 0 Å². The molecule has 0 saturated carbocycles. The highest BCUT2D eigenvalue weighted by Gasteiger charge is 2.12. The molecule has 1 aromatic carbocycles. The van der Waals surface area contributed by atoms with Crippen LogP contribution in [-0.4, -0.2) is 19.3 Å². The first-order valence-electron chi connectivity index (χ1n) is 6.79. The average molecular weight is 303 g/mol. The van der Waals surface area contributed by atoms with E-state index in [0.717, 1.165) is 13.0 Å². The van der Waals surface area contributed by atoms with Crippen LogP contribution in [0.15, 0.2) is 47.8 Å². The van der Waals surface area contributed by atoms with Crippen LogP contribution < -0.4 is 5.56 Å². The van der Waals surface area contributed by atoms with Gasteiger partial charge in [0.25, 0.3) is 5.56 Å². The van der Waals surface area contributed by atoms with Crippen LogP contribution in [0.2, 0.25) is 5.02 Å². The Balaban J connectivity index is 1.91. The average Bonchev–Trinajstić information content (AvgIpc) is 2.98. The van der Waals surface area contributed by atoms with E-state index in [9.17, 15) is 4.79 Å². The lowest BCUT2D eigenvalue weighted by molar-refractivity contribution is 0.436. The zero-order valence-corrected chi connectivity index (χ0v) is 12.4. The first-order chi connectivity index (χ1) is 10.2. The van der Waals surface area contributed by atoms with Gasteiger partial charge in [-0.15, -0.1) is 0 Å². The van der Waals surface area contributed by atoms with E-state index in [4.69, 9.17) is 11.6 Å². The summed E-state index contributed by atoms with van der Waals surface area (Å²) in [6.07, 6.45) is 6.03. The number of aryl methyl sites for hydroxylation is 1. The van der Waals surface area contributed by atoms with Crippen LogP contribution in [0, 0.1) is 0 Å². The lowest BCUT2D eigenvalue weighted by Crippen LogP contribution is -2.24. The number of rotatable bonds is 4. The molecule has 0 unspecified atom stereocenters. The fraction of sp³-hybridized carbons (Fsp3) is 0.267. The Morgan fingerprint density at radius 3 is 2.95 bits per heavy atom. The minimum atomic E-state index is -0.0986. The molecule has 0 amide bonds. The van der Waals surface area contributed by atoms with Gasteiger partial charge in [-0.3, -0.25) is 14.0 Å². The van der Waals surface area contributed by atoms with Crippen molar-refractivity contribution in [3.63, 3.8) is 0 Å². The molecule has 2 heterocycles. The van der Waals surface area contributed by atoms with Gasteiger partial charge >= 0.3 is 0 Å². The molecule has 0 fully saturated rings. The second kappa shape index (κ2) is 5.69. The van der Waals surface area contributed by atoms with Crippen molar-refractivity contribution in [1.82, 2.24) is 19.3 Å². The van der Waals surface area contributed by atoms with E-state index in [1.807, 2.05) is 23.9 Å². The summed E-state index contributed by atoms with van der Waals surface area (Å²) in [4.78, 5) is 16.9. The quantitative estimate of drug-likeness (QED) is 0.744. The molecule has 0 aliphatic carbocycles. The molecular formula is C15H15ClN4O. The number of hydrogen-bond acceptors (Lipinski definition) is 3. The molecule has 0 bridgehead atoms. The van der Waals surface area contributed by atoms with Gasteiger partial charge in [0.1, 0.15) is 0 Å². The van der Waals surface area contributed by atoms with Gasteiger partial charge in [-0.1, -0.05) is 17.7 Å². The fourth-order valence-corrected chi connectivity index (χ4v) is 2.59. The minimum Gasteiger partial charge on any atom is -0.296 e. The number of benzene rings is 1. The highest BCUT2D eigenvalue weighted by Crippen LogP contribution is 2.19. The van der Waals surface area contributed by atoms with Gasteiger partial charge in [0.15, 0.2) is 0 Å². The monoisotopic (exact) mass is 302 g/mol. The predicted octanol–water partition coefficient (Wildman–Crippen LogP) is 2.90. The molecule has 108 valence electrons. The van der Waals surface area contributed by atoms with Crippen molar-refractivity contribution in [2.24, 2.45) is 0 Å². The van der Waals surface area contributed by atoms with Crippen LogP contribution in [0.4, 0.5) is 0 Å². The molecule has 3 rings (SSSR count). The molecule has 5 nitrogen and oxygen atoms in total. The maximum Gasteiger partial charge on any atom is 0.262 e. The van der Waals surface area contributed by atoms with Crippen LogP contribution >= 0.6 is 11.6 Å². The second-order valence-electron chi connectivity index (χ2n) is 5.00. The van der Waals surface area contributed by atoms with Crippen molar-refractivity contribution < 1.29 is 0 Å². The maximum atomic E-state index is 12.6. The third-order valence-electron chi connectivity index (χ3n) is 3.57. The Kier molecular flexibility index (Phi) is 3.75.